The van der Waals surface area contributed by atoms with Gasteiger partial charge >= 0.3 is 0 Å². The molecule has 0 fully saturated rings. The Morgan fingerprint density at radius 2 is 1.27 bits per heavy atom. The maximum absolute atomic E-state index is 6.59. The van der Waals surface area contributed by atoms with Crippen molar-refractivity contribution in [3.8, 4) is 0 Å². The second-order valence-corrected chi connectivity index (χ2v) is 9.33. The number of pyridine rings is 1. The van der Waals surface area contributed by atoms with Gasteiger partial charge in [-0.05, 0) is 62.8 Å². The summed E-state index contributed by atoms with van der Waals surface area (Å²) in [6.45, 7) is 6.08. The molecule has 4 rings (SSSR count). The summed E-state index contributed by atoms with van der Waals surface area (Å²) in [5.41, 5.74) is 5.88. The summed E-state index contributed by atoms with van der Waals surface area (Å²) >= 11 is 6.59. The normalized spacial score (nSPS) is 13.5. The third-order valence-corrected chi connectivity index (χ3v) is 6.97. The van der Waals surface area contributed by atoms with Crippen molar-refractivity contribution in [3.63, 3.8) is 0 Å². The maximum Gasteiger partial charge on any atom is 0.134 e. The fourth-order valence-electron chi connectivity index (χ4n) is 4.26. The lowest BCUT2D eigenvalue weighted by Gasteiger charge is -2.26. The van der Waals surface area contributed by atoms with Gasteiger partial charge in [-0.1, -0.05) is 78.3 Å². The van der Waals surface area contributed by atoms with Crippen LogP contribution in [0.2, 0.25) is 5.15 Å². The Balaban J connectivity index is 1.52. The Kier molecular flexibility index (Phi) is 7.44. The highest BCUT2D eigenvalue weighted by Gasteiger charge is 2.16. The Hall–Kier alpha value is -2.72. The van der Waals surface area contributed by atoms with Gasteiger partial charge in [-0.15, -0.1) is 0 Å². The molecule has 0 amide bonds. The van der Waals surface area contributed by atoms with Gasteiger partial charge in [0.1, 0.15) is 5.15 Å². The molecule has 0 spiro atoms. The summed E-state index contributed by atoms with van der Waals surface area (Å²) < 4.78 is 0. The van der Waals surface area contributed by atoms with E-state index in [1.807, 2.05) is 0 Å². The second-order valence-electron chi connectivity index (χ2n) is 8.97. The van der Waals surface area contributed by atoms with Crippen LogP contribution >= 0.6 is 11.6 Å². The minimum absolute atomic E-state index is 0.289. The van der Waals surface area contributed by atoms with Gasteiger partial charge in [0.2, 0.25) is 0 Å². The highest BCUT2D eigenvalue weighted by molar-refractivity contribution is 6.30. The van der Waals surface area contributed by atoms with Gasteiger partial charge in [-0.3, -0.25) is 9.80 Å². The van der Waals surface area contributed by atoms with Crippen molar-refractivity contribution in [2.75, 3.05) is 14.1 Å². The average molecular weight is 458 g/mol. The predicted octanol–water partition coefficient (Wildman–Crippen LogP) is 7.27. The van der Waals surface area contributed by atoms with E-state index in [0.717, 1.165) is 29.6 Å². The predicted molar refractivity (Wildman–Crippen MR) is 139 cm³/mol. The Morgan fingerprint density at radius 3 is 1.85 bits per heavy atom. The summed E-state index contributed by atoms with van der Waals surface area (Å²) in [6.07, 6.45) is 0. The first-order chi connectivity index (χ1) is 15.9. The van der Waals surface area contributed by atoms with Crippen molar-refractivity contribution in [2.24, 2.45) is 0 Å². The van der Waals surface area contributed by atoms with Crippen LogP contribution in [0.4, 0.5) is 0 Å². The molecule has 1 aromatic heterocycles. The Labute approximate surface area is 202 Å². The number of hydrogen-bond acceptors (Lipinski definition) is 3. The molecule has 0 saturated carbocycles. The third kappa shape index (κ3) is 5.62. The molecule has 1 heterocycles. The standard InChI is InChI=1S/C29H32ClN3/c1-21(24-11-7-5-8-12-24)32(3)19-23-15-16-28-26(17-23)18-27(29(30)31-28)20-33(4)22(2)25-13-9-6-10-14-25/h5-18,21-22H,19-20H2,1-4H3/t21-,22-/m1/s1. The lowest BCUT2D eigenvalue weighted by atomic mass is 10.0. The maximum atomic E-state index is 6.59. The number of fused-ring (bicyclic) bond motifs is 1. The first kappa shape index (κ1) is 23.4. The molecule has 0 aliphatic rings. The van der Waals surface area contributed by atoms with Crippen LogP contribution < -0.4 is 0 Å². The molecule has 0 N–H and O–H groups in total. The third-order valence-electron chi connectivity index (χ3n) is 6.64. The topological polar surface area (TPSA) is 19.4 Å². The van der Waals surface area contributed by atoms with Crippen molar-refractivity contribution in [3.05, 3.63) is 112 Å². The summed E-state index contributed by atoms with van der Waals surface area (Å²) in [5.74, 6) is 0. The van der Waals surface area contributed by atoms with Gasteiger partial charge in [0, 0.05) is 36.1 Å². The van der Waals surface area contributed by atoms with Gasteiger partial charge < -0.3 is 0 Å². The van der Waals surface area contributed by atoms with Gasteiger partial charge in [0.05, 0.1) is 5.52 Å². The molecule has 4 aromatic rings. The fourth-order valence-corrected chi connectivity index (χ4v) is 4.46. The largest absolute Gasteiger partial charge is 0.295 e. The molecular weight excluding hydrogens is 426 g/mol. The van der Waals surface area contributed by atoms with Crippen molar-refractivity contribution >= 4 is 22.5 Å². The van der Waals surface area contributed by atoms with Crippen LogP contribution in [-0.2, 0) is 13.1 Å². The van der Waals surface area contributed by atoms with Gasteiger partial charge in [-0.2, -0.15) is 0 Å². The van der Waals surface area contributed by atoms with E-state index in [2.05, 4.69) is 128 Å². The molecule has 170 valence electrons. The van der Waals surface area contributed by atoms with E-state index >= 15 is 0 Å². The number of rotatable bonds is 8. The molecule has 2 atom stereocenters. The zero-order chi connectivity index (χ0) is 23.4. The van der Waals surface area contributed by atoms with Crippen molar-refractivity contribution in [2.45, 2.75) is 39.0 Å². The molecule has 0 aliphatic heterocycles. The lowest BCUT2D eigenvalue weighted by molar-refractivity contribution is 0.253. The van der Waals surface area contributed by atoms with Crippen LogP contribution in [0.1, 0.15) is 48.2 Å². The van der Waals surface area contributed by atoms with Crippen LogP contribution in [0, 0.1) is 0 Å². The van der Waals surface area contributed by atoms with E-state index < -0.39 is 0 Å². The van der Waals surface area contributed by atoms with Gasteiger partial charge in [0.15, 0.2) is 0 Å². The van der Waals surface area contributed by atoms with Crippen molar-refractivity contribution in [1.82, 2.24) is 14.8 Å². The summed E-state index contributed by atoms with van der Waals surface area (Å²) in [6, 6.07) is 30.5. The smallest absolute Gasteiger partial charge is 0.134 e. The lowest BCUT2D eigenvalue weighted by Crippen LogP contribution is -2.22. The van der Waals surface area contributed by atoms with Gasteiger partial charge in [0.25, 0.3) is 0 Å². The zero-order valence-corrected chi connectivity index (χ0v) is 20.6. The monoisotopic (exact) mass is 457 g/mol. The van der Waals surface area contributed by atoms with E-state index in [1.54, 1.807) is 0 Å². The number of halogens is 1. The van der Waals surface area contributed by atoms with E-state index in [-0.39, 0.29) is 6.04 Å². The van der Waals surface area contributed by atoms with E-state index in [9.17, 15) is 0 Å². The number of hydrogen-bond donors (Lipinski definition) is 0. The van der Waals surface area contributed by atoms with E-state index in [4.69, 9.17) is 11.6 Å². The summed E-state index contributed by atoms with van der Waals surface area (Å²) in [7, 11) is 4.31. The Morgan fingerprint density at radius 1 is 0.727 bits per heavy atom. The molecule has 0 unspecified atom stereocenters. The Bertz CT molecular complexity index is 1190. The van der Waals surface area contributed by atoms with Crippen LogP contribution in [0.25, 0.3) is 10.9 Å². The van der Waals surface area contributed by atoms with Crippen LogP contribution in [0.3, 0.4) is 0 Å². The molecule has 0 bridgehead atoms. The molecule has 0 aliphatic carbocycles. The fraction of sp³-hybridized carbons (Fsp3) is 0.276. The minimum Gasteiger partial charge on any atom is -0.295 e. The SMILES string of the molecule is C[C@H](c1ccccc1)N(C)Cc1ccc2nc(Cl)c(CN(C)[C@H](C)c3ccccc3)cc2c1. The number of nitrogens with zero attached hydrogens (tertiary/aromatic N) is 3. The summed E-state index contributed by atoms with van der Waals surface area (Å²) in [4.78, 5) is 9.37. The highest BCUT2D eigenvalue weighted by atomic mass is 35.5. The summed E-state index contributed by atoms with van der Waals surface area (Å²) in [5, 5.41) is 1.71. The van der Waals surface area contributed by atoms with Crippen molar-refractivity contribution < 1.29 is 0 Å². The molecule has 0 radical (unpaired) electrons. The van der Waals surface area contributed by atoms with Crippen LogP contribution in [0.5, 0.6) is 0 Å². The average Bonchev–Trinajstić information content (AvgIpc) is 2.84. The minimum atomic E-state index is 0.289. The molecule has 3 aromatic carbocycles. The van der Waals surface area contributed by atoms with E-state index in [0.29, 0.717) is 11.2 Å². The number of benzene rings is 3. The quantitative estimate of drug-likeness (QED) is 0.259. The first-order valence-corrected chi connectivity index (χ1v) is 11.9. The second kappa shape index (κ2) is 10.5. The zero-order valence-electron chi connectivity index (χ0n) is 19.9. The molecule has 3 nitrogen and oxygen atoms in total. The van der Waals surface area contributed by atoms with Crippen molar-refractivity contribution in [1.29, 1.82) is 0 Å². The first-order valence-electron chi connectivity index (χ1n) is 11.5. The highest BCUT2D eigenvalue weighted by Crippen LogP contribution is 2.27. The molecule has 33 heavy (non-hydrogen) atoms. The molecule has 4 heteroatoms. The van der Waals surface area contributed by atoms with Crippen LogP contribution in [0.15, 0.2) is 84.9 Å². The molecule has 0 saturated heterocycles. The van der Waals surface area contributed by atoms with E-state index in [1.165, 1.54) is 16.7 Å². The number of aromatic nitrogens is 1. The molecular formula is C29H32ClN3. The van der Waals surface area contributed by atoms with Gasteiger partial charge in [-0.25, -0.2) is 4.98 Å². The van der Waals surface area contributed by atoms with Crippen LogP contribution in [-0.4, -0.2) is 28.9 Å².